The second-order valence-electron chi connectivity index (χ2n) is 3.72. The molecule has 0 bridgehead atoms. The molecule has 4 N–H and O–H groups in total. The molecular weight excluding hydrogens is 220 g/mol. The summed E-state index contributed by atoms with van der Waals surface area (Å²) in [4.78, 5) is 12.4. The molecule has 0 saturated heterocycles. The highest BCUT2D eigenvalue weighted by Gasteiger charge is 2.01. The molecule has 1 rings (SSSR count). The lowest BCUT2D eigenvalue weighted by Crippen LogP contribution is -2.16. The summed E-state index contributed by atoms with van der Waals surface area (Å²) in [7, 11) is 3.82. The average molecular weight is 240 g/mol. The zero-order valence-corrected chi connectivity index (χ0v) is 10.4. The lowest BCUT2D eigenvalue weighted by Gasteiger charge is -2.11. The van der Waals surface area contributed by atoms with Gasteiger partial charge in [0.1, 0.15) is 6.23 Å². The van der Waals surface area contributed by atoms with E-state index in [2.05, 4.69) is 0 Å². The van der Waals surface area contributed by atoms with Gasteiger partial charge in [-0.2, -0.15) is 0 Å². The van der Waals surface area contributed by atoms with Gasteiger partial charge in [-0.25, -0.2) is 4.79 Å². The van der Waals surface area contributed by atoms with E-state index in [9.17, 15) is 4.79 Å². The van der Waals surface area contributed by atoms with Crippen LogP contribution in [0.5, 0.6) is 0 Å². The van der Waals surface area contributed by atoms with Crippen molar-refractivity contribution in [1.82, 2.24) is 0 Å². The third-order valence-corrected chi connectivity index (χ3v) is 2.05. The molecule has 0 aliphatic rings. The van der Waals surface area contributed by atoms with Crippen LogP contribution >= 0.6 is 0 Å². The van der Waals surface area contributed by atoms with Crippen LogP contribution in [-0.4, -0.2) is 36.5 Å². The molecule has 17 heavy (non-hydrogen) atoms. The first-order chi connectivity index (χ1) is 7.88. The first-order valence-electron chi connectivity index (χ1n) is 5.32. The van der Waals surface area contributed by atoms with Crippen LogP contribution < -0.4 is 10.6 Å². The summed E-state index contributed by atoms with van der Waals surface area (Å²) in [6, 6.07) is 6.75. The van der Waals surface area contributed by atoms with E-state index in [-0.39, 0.29) is 0 Å². The molecule has 0 aromatic heterocycles. The van der Waals surface area contributed by atoms with Gasteiger partial charge in [-0.1, -0.05) is 6.92 Å². The van der Waals surface area contributed by atoms with Crippen LogP contribution in [0, 0.1) is 0 Å². The minimum Gasteiger partial charge on any atom is -0.478 e. The monoisotopic (exact) mass is 240 g/mol. The molecule has 0 spiro atoms. The Hall–Kier alpha value is -1.59. The van der Waals surface area contributed by atoms with Gasteiger partial charge in [0.25, 0.3) is 0 Å². The number of nitrogens with zero attached hydrogens (tertiary/aromatic N) is 1. The van der Waals surface area contributed by atoms with E-state index in [0.29, 0.717) is 12.0 Å². The van der Waals surface area contributed by atoms with Crippen LogP contribution in [0.4, 0.5) is 5.69 Å². The number of anilines is 1. The fraction of sp³-hybridized carbons (Fsp3) is 0.417. The van der Waals surface area contributed by atoms with Gasteiger partial charge in [0.2, 0.25) is 0 Å². The number of rotatable bonds is 3. The Balaban J connectivity index is 0.000000437. The van der Waals surface area contributed by atoms with Crippen LogP contribution in [0.3, 0.4) is 0 Å². The number of aliphatic hydroxyl groups is 1. The molecule has 0 amide bonds. The lowest BCUT2D eigenvalue weighted by molar-refractivity contribution is 0.0697. The van der Waals surface area contributed by atoms with Crippen molar-refractivity contribution in [2.45, 2.75) is 19.6 Å². The Labute approximate surface area is 101 Å². The Morgan fingerprint density at radius 3 is 2.00 bits per heavy atom. The van der Waals surface area contributed by atoms with Crippen molar-refractivity contribution in [3.05, 3.63) is 29.8 Å². The molecule has 0 radical (unpaired) electrons. The van der Waals surface area contributed by atoms with Crippen LogP contribution in [0.15, 0.2) is 24.3 Å². The van der Waals surface area contributed by atoms with E-state index in [4.69, 9.17) is 15.9 Å². The van der Waals surface area contributed by atoms with Gasteiger partial charge in [0.05, 0.1) is 5.56 Å². The fourth-order valence-corrected chi connectivity index (χ4v) is 0.902. The predicted octanol–water partition coefficient (Wildman–Crippen LogP) is 1.12. The highest BCUT2D eigenvalue weighted by molar-refractivity contribution is 5.88. The van der Waals surface area contributed by atoms with Gasteiger partial charge >= 0.3 is 5.97 Å². The molecule has 0 fully saturated rings. The van der Waals surface area contributed by atoms with Crippen LogP contribution in [0.25, 0.3) is 0 Å². The maximum atomic E-state index is 10.5. The average Bonchev–Trinajstić information content (AvgIpc) is 2.29. The van der Waals surface area contributed by atoms with E-state index in [1.54, 1.807) is 24.3 Å². The first-order valence-corrected chi connectivity index (χ1v) is 5.32. The molecule has 1 unspecified atom stereocenters. The van der Waals surface area contributed by atoms with Gasteiger partial charge in [-0.15, -0.1) is 0 Å². The Kier molecular flexibility index (Phi) is 6.93. The molecule has 0 aliphatic carbocycles. The van der Waals surface area contributed by atoms with Crippen molar-refractivity contribution < 1.29 is 15.0 Å². The van der Waals surface area contributed by atoms with Gasteiger partial charge in [0.15, 0.2) is 0 Å². The minimum absolute atomic E-state index is 0.320. The Morgan fingerprint density at radius 1 is 1.35 bits per heavy atom. The van der Waals surface area contributed by atoms with Crippen molar-refractivity contribution >= 4 is 11.7 Å². The van der Waals surface area contributed by atoms with Gasteiger partial charge in [-0.05, 0) is 30.7 Å². The summed E-state index contributed by atoms with van der Waals surface area (Å²) in [5.41, 5.74) is 6.17. The smallest absolute Gasteiger partial charge is 0.335 e. The molecule has 1 aromatic rings. The zero-order chi connectivity index (χ0) is 13.4. The van der Waals surface area contributed by atoms with Crippen molar-refractivity contribution in [2.24, 2.45) is 5.73 Å². The molecule has 0 heterocycles. The molecule has 5 heteroatoms. The van der Waals surface area contributed by atoms with Crippen LogP contribution in [0.1, 0.15) is 23.7 Å². The number of benzene rings is 1. The predicted molar refractivity (Wildman–Crippen MR) is 68.2 cm³/mol. The summed E-state index contributed by atoms with van der Waals surface area (Å²) in [5.74, 6) is -0.889. The molecule has 5 nitrogen and oxygen atoms in total. The number of aliphatic hydroxyl groups excluding tert-OH is 1. The molecule has 1 atom stereocenters. The second-order valence-corrected chi connectivity index (χ2v) is 3.72. The Morgan fingerprint density at radius 2 is 1.76 bits per heavy atom. The third kappa shape index (κ3) is 6.55. The normalized spacial score (nSPS) is 11.1. The zero-order valence-electron chi connectivity index (χ0n) is 10.4. The number of carboxylic acid groups (broad SMARTS) is 1. The van der Waals surface area contributed by atoms with Crippen molar-refractivity contribution in [3.63, 3.8) is 0 Å². The quantitative estimate of drug-likeness (QED) is 0.689. The second kappa shape index (κ2) is 7.65. The topological polar surface area (TPSA) is 86.8 Å². The number of aromatic carboxylic acids is 1. The molecule has 0 aliphatic heterocycles. The van der Waals surface area contributed by atoms with E-state index in [0.717, 1.165) is 5.69 Å². The number of carbonyl (C=O) groups is 1. The number of hydrogen-bond acceptors (Lipinski definition) is 4. The Bertz CT molecular complexity index is 334. The lowest BCUT2D eigenvalue weighted by atomic mass is 10.2. The van der Waals surface area contributed by atoms with Gasteiger partial charge in [0, 0.05) is 19.8 Å². The van der Waals surface area contributed by atoms with Crippen molar-refractivity contribution in [3.8, 4) is 0 Å². The van der Waals surface area contributed by atoms with E-state index < -0.39 is 12.2 Å². The molecule has 1 aromatic carbocycles. The first kappa shape index (κ1) is 15.4. The van der Waals surface area contributed by atoms with E-state index in [1.165, 1.54) is 0 Å². The fourth-order valence-electron chi connectivity index (χ4n) is 0.902. The maximum Gasteiger partial charge on any atom is 0.335 e. The minimum atomic E-state index is -0.889. The van der Waals surface area contributed by atoms with Crippen LogP contribution in [0.2, 0.25) is 0 Å². The summed E-state index contributed by atoms with van der Waals surface area (Å²) in [6.07, 6.45) is 0.0231. The standard InChI is InChI=1S/C9H11NO2.C3H9NO/c1-10(2)8-5-3-7(4-6-8)9(11)12;1-2-3(4)5/h3-6H,1-2H3,(H,11,12);3,5H,2,4H2,1H3. The van der Waals surface area contributed by atoms with Gasteiger partial charge in [-0.3, -0.25) is 0 Å². The highest BCUT2D eigenvalue weighted by Crippen LogP contribution is 2.11. The number of nitrogens with two attached hydrogens (primary N) is 1. The van der Waals surface area contributed by atoms with Gasteiger partial charge < -0.3 is 20.8 Å². The highest BCUT2D eigenvalue weighted by atomic mass is 16.4. The summed E-state index contributed by atoms with van der Waals surface area (Å²) >= 11 is 0. The number of hydrogen-bond donors (Lipinski definition) is 3. The number of carboxylic acids is 1. The molecular formula is C12H20N2O3. The van der Waals surface area contributed by atoms with Crippen molar-refractivity contribution in [2.75, 3.05) is 19.0 Å². The molecule has 96 valence electrons. The largest absolute Gasteiger partial charge is 0.478 e. The molecule has 0 saturated carbocycles. The third-order valence-electron chi connectivity index (χ3n) is 2.05. The van der Waals surface area contributed by atoms with E-state index in [1.807, 2.05) is 25.9 Å². The SMILES string of the molecule is CCC(N)O.CN(C)c1ccc(C(=O)O)cc1. The summed E-state index contributed by atoms with van der Waals surface area (Å²) < 4.78 is 0. The van der Waals surface area contributed by atoms with Crippen molar-refractivity contribution in [1.29, 1.82) is 0 Å². The van der Waals surface area contributed by atoms with E-state index >= 15 is 0 Å². The summed E-state index contributed by atoms with van der Waals surface area (Å²) in [6.45, 7) is 1.82. The van der Waals surface area contributed by atoms with Crippen LogP contribution in [-0.2, 0) is 0 Å². The maximum absolute atomic E-state index is 10.5. The summed E-state index contributed by atoms with van der Waals surface area (Å²) in [5, 5.41) is 16.7.